The van der Waals surface area contributed by atoms with E-state index in [4.69, 9.17) is 0 Å². The van der Waals surface area contributed by atoms with Gasteiger partial charge in [-0.25, -0.2) is 4.98 Å². The highest BCUT2D eigenvalue weighted by molar-refractivity contribution is 7.99. The lowest BCUT2D eigenvalue weighted by molar-refractivity contribution is -0.131. The lowest BCUT2D eigenvalue weighted by atomic mass is 10.1. The lowest BCUT2D eigenvalue weighted by Gasteiger charge is -2.17. The summed E-state index contributed by atoms with van der Waals surface area (Å²) in [6.07, 6.45) is 0. The van der Waals surface area contributed by atoms with Gasteiger partial charge in [-0.2, -0.15) is 0 Å². The second kappa shape index (κ2) is 8.26. The Labute approximate surface area is 162 Å². The zero-order valence-electron chi connectivity index (χ0n) is 15.6. The van der Waals surface area contributed by atoms with Crippen molar-refractivity contribution >= 4 is 40.3 Å². The molecule has 0 fully saturated rings. The first-order chi connectivity index (χ1) is 12.9. The number of amides is 2. The minimum atomic E-state index is -0.211. The summed E-state index contributed by atoms with van der Waals surface area (Å²) in [7, 11) is 1.63. The number of aromatic nitrogens is 2. The minimum Gasteiger partial charge on any atom is -0.336 e. The fraction of sp³-hybridized carbons (Fsp3) is 0.250. The fourth-order valence-corrected chi connectivity index (χ4v) is 3.56. The molecule has 0 saturated carbocycles. The summed E-state index contributed by atoms with van der Waals surface area (Å²) >= 11 is 1.33. The van der Waals surface area contributed by atoms with Crippen molar-refractivity contribution in [3.63, 3.8) is 0 Å². The van der Waals surface area contributed by atoms with E-state index in [1.165, 1.54) is 16.7 Å². The monoisotopic (exact) mass is 382 g/mol. The normalized spacial score (nSPS) is 10.8. The van der Waals surface area contributed by atoms with Gasteiger partial charge in [0.05, 0.1) is 23.3 Å². The molecule has 140 valence electrons. The van der Waals surface area contributed by atoms with Gasteiger partial charge >= 0.3 is 0 Å². The van der Waals surface area contributed by atoms with Crippen LogP contribution in [0.3, 0.4) is 0 Å². The van der Waals surface area contributed by atoms with Crippen LogP contribution in [0.5, 0.6) is 0 Å². The number of aryl methyl sites for hydroxylation is 2. The van der Waals surface area contributed by atoms with Crippen LogP contribution in [0.1, 0.15) is 11.1 Å². The minimum absolute atomic E-state index is 0.00724. The van der Waals surface area contributed by atoms with Crippen molar-refractivity contribution in [2.45, 2.75) is 19.0 Å². The summed E-state index contributed by atoms with van der Waals surface area (Å²) in [6.45, 7) is 3.90. The van der Waals surface area contributed by atoms with E-state index in [1.54, 1.807) is 7.05 Å². The molecule has 0 saturated heterocycles. The summed E-state index contributed by atoms with van der Waals surface area (Å²) < 4.78 is 0. The van der Waals surface area contributed by atoms with E-state index in [1.807, 2.05) is 56.3 Å². The maximum absolute atomic E-state index is 12.3. The number of benzene rings is 2. The second-order valence-electron chi connectivity index (χ2n) is 6.41. The molecule has 3 aromatic rings. The third-order valence-electron chi connectivity index (χ3n) is 4.25. The number of carbonyl (C=O) groups excluding carboxylic acids is 2. The first-order valence-corrected chi connectivity index (χ1v) is 9.60. The quantitative estimate of drug-likeness (QED) is 0.641. The molecule has 27 heavy (non-hydrogen) atoms. The fourth-order valence-electron chi connectivity index (χ4n) is 2.73. The van der Waals surface area contributed by atoms with E-state index in [0.717, 1.165) is 27.8 Å². The zero-order valence-corrected chi connectivity index (χ0v) is 16.4. The molecule has 7 heteroatoms. The Morgan fingerprint density at radius 1 is 1.11 bits per heavy atom. The number of rotatable bonds is 6. The van der Waals surface area contributed by atoms with Crippen molar-refractivity contribution in [1.82, 2.24) is 14.9 Å². The highest BCUT2D eigenvalue weighted by atomic mass is 32.2. The van der Waals surface area contributed by atoms with Crippen LogP contribution in [0.25, 0.3) is 11.0 Å². The first-order valence-electron chi connectivity index (χ1n) is 8.61. The molecule has 0 radical (unpaired) electrons. The Kier molecular flexibility index (Phi) is 5.81. The Balaban J connectivity index is 1.53. The number of nitrogens with zero attached hydrogens (tertiary/aromatic N) is 2. The molecule has 0 unspecified atom stereocenters. The van der Waals surface area contributed by atoms with E-state index in [0.29, 0.717) is 5.16 Å². The molecule has 3 rings (SSSR count). The van der Waals surface area contributed by atoms with Gasteiger partial charge in [-0.15, -0.1) is 0 Å². The molecular formula is C20H22N4O2S. The van der Waals surface area contributed by atoms with Crippen molar-refractivity contribution in [2.24, 2.45) is 0 Å². The van der Waals surface area contributed by atoms with Crippen LogP contribution >= 0.6 is 11.8 Å². The Hall–Kier alpha value is -2.80. The average Bonchev–Trinajstić information content (AvgIpc) is 3.05. The number of para-hydroxylation sites is 3. The van der Waals surface area contributed by atoms with Crippen LogP contribution in [0.4, 0.5) is 5.69 Å². The number of hydrogen-bond acceptors (Lipinski definition) is 4. The van der Waals surface area contributed by atoms with Crippen molar-refractivity contribution in [3.8, 4) is 0 Å². The summed E-state index contributed by atoms with van der Waals surface area (Å²) in [5.74, 6) is -0.124. The number of fused-ring (bicyclic) bond motifs is 1. The SMILES string of the molecule is Cc1cccc(C)c1NC(=O)CN(C)C(=O)CSc1nc2ccccc2[nH]1. The smallest absolute Gasteiger partial charge is 0.243 e. The topological polar surface area (TPSA) is 78.1 Å². The molecule has 2 aromatic carbocycles. The van der Waals surface area contributed by atoms with E-state index in [2.05, 4.69) is 15.3 Å². The summed E-state index contributed by atoms with van der Waals surface area (Å²) in [6, 6.07) is 13.6. The van der Waals surface area contributed by atoms with Gasteiger partial charge in [0.1, 0.15) is 0 Å². The van der Waals surface area contributed by atoms with E-state index >= 15 is 0 Å². The second-order valence-corrected chi connectivity index (χ2v) is 7.38. The molecule has 0 aliphatic carbocycles. The van der Waals surface area contributed by atoms with E-state index in [9.17, 15) is 9.59 Å². The molecule has 2 amide bonds. The Morgan fingerprint density at radius 3 is 2.52 bits per heavy atom. The van der Waals surface area contributed by atoms with Gasteiger partial charge < -0.3 is 15.2 Å². The van der Waals surface area contributed by atoms with Crippen LogP contribution in [0.15, 0.2) is 47.6 Å². The number of thioether (sulfide) groups is 1. The number of imidazole rings is 1. The van der Waals surface area contributed by atoms with Crippen LogP contribution in [-0.4, -0.2) is 46.0 Å². The maximum atomic E-state index is 12.3. The van der Waals surface area contributed by atoms with Gasteiger partial charge in [-0.3, -0.25) is 9.59 Å². The molecular weight excluding hydrogens is 360 g/mol. The molecule has 2 N–H and O–H groups in total. The van der Waals surface area contributed by atoms with Crippen molar-refractivity contribution < 1.29 is 9.59 Å². The largest absolute Gasteiger partial charge is 0.336 e. The molecule has 0 aliphatic rings. The maximum Gasteiger partial charge on any atom is 0.243 e. The molecule has 0 aliphatic heterocycles. The Bertz CT molecular complexity index is 930. The first kappa shape index (κ1) is 19.0. The number of hydrogen-bond donors (Lipinski definition) is 2. The predicted molar refractivity (Wildman–Crippen MR) is 109 cm³/mol. The third kappa shape index (κ3) is 4.68. The van der Waals surface area contributed by atoms with Gasteiger partial charge in [0.25, 0.3) is 0 Å². The van der Waals surface area contributed by atoms with E-state index < -0.39 is 0 Å². The number of H-pyrrole nitrogens is 1. The van der Waals surface area contributed by atoms with Gasteiger partial charge in [-0.05, 0) is 37.1 Å². The standard InChI is InChI=1S/C20H22N4O2S/c1-13-7-6-8-14(2)19(13)23-17(25)11-24(3)18(26)12-27-20-21-15-9-4-5-10-16(15)22-20/h4-10H,11-12H2,1-3H3,(H,21,22)(H,23,25). The number of anilines is 1. The van der Waals surface area contributed by atoms with E-state index in [-0.39, 0.29) is 24.1 Å². The summed E-state index contributed by atoms with van der Waals surface area (Å²) in [5, 5.41) is 3.59. The van der Waals surface area contributed by atoms with Crippen LogP contribution < -0.4 is 5.32 Å². The zero-order chi connectivity index (χ0) is 19.4. The number of likely N-dealkylation sites (N-methyl/N-ethyl adjacent to an activating group) is 1. The molecule has 0 bridgehead atoms. The van der Waals surface area contributed by atoms with Crippen molar-refractivity contribution in [1.29, 1.82) is 0 Å². The van der Waals surface area contributed by atoms with Crippen molar-refractivity contribution in [2.75, 3.05) is 24.7 Å². The summed E-state index contributed by atoms with van der Waals surface area (Å²) in [5.41, 5.74) is 4.61. The van der Waals surface area contributed by atoms with Crippen LogP contribution in [0, 0.1) is 13.8 Å². The molecule has 0 atom stereocenters. The highest BCUT2D eigenvalue weighted by Crippen LogP contribution is 2.20. The van der Waals surface area contributed by atoms with Gasteiger partial charge in [0, 0.05) is 12.7 Å². The number of aromatic amines is 1. The average molecular weight is 382 g/mol. The van der Waals surface area contributed by atoms with Crippen LogP contribution in [0.2, 0.25) is 0 Å². The lowest BCUT2D eigenvalue weighted by Crippen LogP contribution is -2.36. The van der Waals surface area contributed by atoms with Gasteiger partial charge in [0.15, 0.2) is 5.16 Å². The number of nitrogens with one attached hydrogen (secondary N) is 2. The van der Waals surface area contributed by atoms with Gasteiger partial charge in [-0.1, -0.05) is 42.1 Å². The molecule has 6 nitrogen and oxygen atoms in total. The highest BCUT2D eigenvalue weighted by Gasteiger charge is 2.15. The summed E-state index contributed by atoms with van der Waals surface area (Å²) in [4.78, 5) is 33.7. The molecule has 0 spiro atoms. The predicted octanol–water partition coefficient (Wildman–Crippen LogP) is 3.37. The number of carbonyl (C=O) groups is 2. The third-order valence-corrected chi connectivity index (χ3v) is 5.11. The van der Waals surface area contributed by atoms with Crippen LogP contribution in [-0.2, 0) is 9.59 Å². The molecule has 1 heterocycles. The molecule has 1 aromatic heterocycles. The van der Waals surface area contributed by atoms with Crippen molar-refractivity contribution in [3.05, 3.63) is 53.6 Å². The Morgan fingerprint density at radius 2 is 1.81 bits per heavy atom. The van der Waals surface area contributed by atoms with Gasteiger partial charge in [0.2, 0.25) is 11.8 Å².